The monoisotopic (exact) mass is 599 g/mol. The fourth-order valence-corrected chi connectivity index (χ4v) is 5.99. The second kappa shape index (κ2) is 12.1. The zero-order valence-corrected chi connectivity index (χ0v) is 25.0. The number of nitrogens with zero attached hydrogens (tertiary/aromatic N) is 1. The van der Waals surface area contributed by atoms with Crippen LogP contribution in [0.2, 0.25) is 0 Å². The van der Waals surface area contributed by atoms with Crippen LogP contribution in [-0.4, -0.2) is 43.0 Å². The van der Waals surface area contributed by atoms with Gasteiger partial charge >= 0.3 is 5.69 Å². The van der Waals surface area contributed by atoms with Gasteiger partial charge in [0.1, 0.15) is 0 Å². The Kier molecular flexibility index (Phi) is 8.30. The minimum absolute atomic E-state index is 0.134. The van der Waals surface area contributed by atoms with Crippen LogP contribution in [0.4, 0.5) is 11.4 Å². The first-order valence-electron chi connectivity index (χ1n) is 14.0. The number of methoxy groups -OCH3 is 3. The summed E-state index contributed by atoms with van der Waals surface area (Å²) in [5.41, 5.74) is 3.67. The van der Waals surface area contributed by atoms with Gasteiger partial charge < -0.3 is 30.0 Å². The van der Waals surface area contributed by atoms with Gasteiger partial charge in [0.15, 0.2) is 23.0 Å². The van der Waals surface area contributed by atoms with Crippen LogP contribution in [0.3, 0.4) is 0 Å². The number of ether oxygens (including phenoxy) is 3. The summed E-state index contributed by atoms with van der Waals surface area (Å²) in [6.45, 7) is 3.60. The molecule has 11 heteroatoms. The molecule has 0 bridgehead atoms. The second-order valence-corrected chi connectivity index (χ2v) is 10.7. The number of aryl methyl sites for hydroxylation is 1. The van der Waals surface area contributed by atoms with Crippen molar-refractivity contribution in [2.24, 2.45) is 0 Å². The number of benzene rings is 3. The summed E-state index contributed by atoms with van der Waals surface area (Å²) in [5, 5.41) is 28.7. The molecule has 2 atom stereocenters. The van der Waals surface area contributed by atoms with Crippen molar-refractivity contribution in [1.82, 2.24) is 5.32 Å². The van der Waals surface area contributed by atoms with E-state index in [-0.39, 0.29) is 35.0 Å². The van der Waals surface area contributed by atoms with Gasteiger partial charge in [0.2, 0.25) is 5.75 Å². The van der Waals surface area contributed by atoms with Gasteiger partial charge in [-0.1, -0.05) is 24.3 Å². The normalized spacial score (nSPS) is 17.9. The number of anilines is 1. The number of para-hydroxylation sites is 1. The van der Waals surface area contributed by atoms with Gasteiger partial charge in [0.05, 0.1) is 26.3 Å². The molecule has 5 rings (SSSR count). The number of nitro groups is 1. The van der Waals surface area contributed by atoms with E-state index in [9.17, 15) is 24.8 Å². The summed E-state index contributed by atoms with van der Waals surface area (Å²) >= 11 is 0. The lowest BCUT2D eigenvalue weighted by atomic mass is 9.71. The summed E-state index contributed by atoms with van der Waals surface area (Å²) in [4.78, 5) is 39.2. The average Bonchev–Trinajstić information content (AvgIpc) is 3.00. The number of carbonyl (C=O) groups excluding carboxylic acids is 2. The largest absolute Gasteiger partial charge is 0.500 e. The van der Waals surface area contributed by atoms with E-state index in [1.165, 1.54) is 19.2 Å². The highest BCUT2D eigenvalue weighted by Gasteiger charge is 2.42. The highest BCUT2D eigenvalue weighted by Crippen LogP contribution is 2.49. The number of hydrogen-bond acceptors (Lipinski definition) is 9. The highest BCUT2D eigenvalue weighted by atomic mass is 16.6. The van der Waals surface area contributed by atoms with Crippen LogP contribution in [0, 0.1) is 17.0 Å². The molecule has 3 aromatic carbocycles. The van der Waals surface area contributed by atoms with Crippen LogP contribution in [0.15, 0.2) is 77.1 Å². The molecule has 1 heterocycles. The molecule has 0 fully saturated rings. The lowest BCUT2D eigenvalue weighted by Crippen LogP contribution is -2.37. The second-order valence-electron chi connectivity index (χ2n) is 10.7. The summed E-state index contributed by atoms with van der Waals surface area (Å²) in [6, 6.07) is 15.5. The predicted molar refractivity (Wildman–Crippen MR) is 163 cm³/mol. The molecule has 2 unspecified atom stereocenters. The minimum Gasteiger partial charge on any atom is -0.500 e. The number of aromatic hydroxyl groups is 1. The van der Waals surface area contributed by atoms with Gasteiger partial charge in [-0.05, 0) is 67.1 Å². The van der Waals surface area contributed by atoms with Gasteiger partial charge in [0.25, 0.3) is 5.91 Å². The van der Waals surface area contributed by atoms with E-state index in [4.69, 9.17) is 14.2 Å². The van der Waals surface area contributed by atoms with Crippen molar-refractivity contribution in [1.29, 1.82) is 0 Å². The SMILES string of the molecule is COc1ccc(C2CC(=O)C3=C(C2)NC(C)=C(C(=O)Nc2ccccc2C)C3c2cc(OC)c(O)c([N+](=O)[O-])c2)cc1OC. The van der Waals surface area contributed by atoms with E-state index < -0.39 is 28.2 Å². The smallest absolute Gasteiger partial charge is 0.314 e. The van der Waals surface area contributed by atoms with Gasteiger partial charge in [-0.25, -0.2) is 0 Å². The van der Waals surface area contributed by atoms with E-state index >= 15 is 0 Å². The van der Waals surface area contributed by atoms with Crippen LogP contribution in [0.5, 0.6) is 23.0 Å². The zero-order chi connectivity index (χ0) is 31.7. The Hall–Kier alpha value is -5.32. The van der Waals surface area contributed by atoms with Crippen molar-refractivity contribution < 1.29 is 33.8 Å². The van der Waals surface area contributed by atoms with Crippen molar-refractivity contribution in [3.8, 4) is 23.0 Å². The minimum atomic E-state index is -0.970. The molecular formula is C33H33N3O8. The number of Topliss-reactive ketones (excluding diaryl/α,β-unsaturated/α-hetero) is 1. The van der Waals surface area contributed by atoms with E-state index in [1.54, 1.807) is 39.3 Å². The van der Waals surface area contributed by atoms with Crippen molar-refractivity contribution in [3.63, 3.8) is 0 Å². The Morgan fingerprint density at radius 3 is 2.30 bits per heavy atom. The Morgan fingerprint density at radius 2 is 1.64 bits per heavy atom. The van der Waals surface area contributed by atoms with Crippen LogP contribution in [0.25, 0.3) is 0 Å². The summed E-state index contributed by atoms with van der Waals surface area (Å²) < 4.78 is 16.1. The third-order valence-electron chi connectivity index (χ3n) is 8.17. The van der Waals surface area contributed by atoms with Gasteiger partial charge in [-0.3, -0.25) is 19.7 Å². The molecule has 0 saturated carbocycles. The number of nitrogens with one attached hydrogen (secondary N) is 2. The maximum atomic E-state index is 14.1. The molecule has 0 aromatic heterocycles. The first-order valence-corrected chi connectivity index (χ1v) is 14.0. The maximum Gasteiger partial charge on any atom is 0.314 e. The summed E-state index contributed by atoms with van der Waals surface area (Å²) in [7, 11) is 4.38. The van der Waals surface area contributed by atoms with E-state index in [2.05, 4.69) is 10.6 Å². The Balaban J connectivity index is 1.64. The van der Waals surface area contributed by atoms with Crippen LogP contribution in [-0.2, 0) is 9.59 Å². The zero-order valence-electron chi connectivity index (χ0n) is 25.0. The van der Waals surface area contributed by atoms with E-state index in [0.29, 0.717) is 40.6 Å². The summed E-state index contributed by atoms with van der Waals surface area (Å²) in [5.74, 6) is -1.52. The number of allylic oxidation sites excluding steroid dienone is 3. The lowest BCUT2D eigenvalue weighted by Gasteiger charge is -2.37. The number of phenols is 1. The van der Waals surface area contributed by atoms with Crippen LogP contribution >= 0.6 is 0 Å². The van der Waals surface area contributed by atoms with Gasteiger partial charge in [-0.15, -0.1) is 0 Å². The number of amides is 1. The van der Waals surface area contributed by atoms with Gasteiger partial charge in [-0.2, -0.15) is 0 Å². The molecule has 228 valence electrons. The fourth-order valence-electron chi connectivity index (χ4n) is 5.99. The molecule has 1 aliphatic heterocycles. The van der Waals surface area contributed by atoms with Crippen molar-refractivity contribution in [3.05, 3.63) is 104 Å². The number of dihydropyridines is 1. The number of hydrogen-bond donors (Lipinski definition) is 3. The third-order valence-corrected chi connectivity index (χ3v) is 8.17. The molecule has 44 heavy (non-hydrogen) atoms. The molecule has 1 amide bonds. The molecular weight excluding hydrogens is 566 g/mol. The first-order chi connectivity index (χ1) is 21.1. The van der Waals surface area contributed by atoms with Crippen LogP contribution < -0.4 is 24.8 Å². The molecule has 2 aliphatic rings. The Morgan fingerprint density at radius 1 is 0.955 bits per heavy atom. The Labute approximate surface area is 254 Å². The van der Waals surface area contributed by atoms with Gasteiger partial charge in [0, 0.05) is 46.6 Å². The fraction of sp³-hybridized carbons (Fsp3) is 0.273. The lowest BCUT2D eigenvalue weighted by molar-refractivity contribution is -0.386. The maximum absolute atomic E-state index is 14.1. The van der Waals surface area contributed by atoms with Crippen molar-refractivity contribution in [2.75, 3.05) is 26.6 Å². The number of nitro benzene ring substituents is 1. The topological polar surface area (TPSA) is 149 Å². The first kappa shape index (κ1) is 30.1. The average molecular weight is 600 g/mol. The van der Waals surface area contributed by atoms with Crippen molar-refractivity contribution in [2.45, 2.75) is 38.5 Å². The van der Waals surface area contributed by atoms with Crippen molar-refractivity contribution >= 4 is 23.1 Å². The molecule has 3 aromatic rings. The number of ketones is 1. The molecule has 11 nitrogen and oxygen atoms in total. The number of carbonyl (C=O) groups is 2. The quantitative estimate of drug-likeness (QED) is 0.221. The Bertz CT molecular complexity index is 1740. The van der Waals surface area contributed by atoms with E-state index in [1.807, 2.05) is 31.2 Å². The highest BCUT2D eigenvalue weighted by molar-refractivity contribution is 6.10. The number of phenolic OH excluding ortho intramolecular Hbond substituents is 1. The standard InChI is InChI=1S/C33H33N3O8/c1-17-8-6-7-9-22(17)35-33(39)29-18(2)34-23-12-20(19-10-11-26(42-3)27(15-19)43-4)14-25(37)31(23)30(29)21-13-24(36(40)41)32(38)28(16-21)44-5/h6-11,13,15-16,20,30,34,38H,12,14H2,1-5H3,(H,35,39). The predicted octanol–water partition coefficient (Wildman–Crippen LogP) is 5.63. The van der Waals surface area contributed by atoms with Crippen LogP contribution in [0.1, 0.15) is 48.3 Å². The molecule has 1 aliphatic carbocycles. The molecule has 0 radical (unpaired) electrons. The molecule has 3 N–H and O–H groups in total. The van der Waals surface area contributed by atoms with E-state index in [0.717, 1.165) is 11.1 Å². The third kappa shape index (κ3) is 5.44. The molecule has 0 saturated heterocycles. The number of rotatable bonds is 8. The molecule has 0 spiro atoms. The summed E-state index contributed by atoms with van der Waals surface area (Å²) in [6.07, 6.45) is 0.573.